The van der Waals surface area contributed by atoms with Crippen molar-refractivity contribution in [3.63, 3.8) is 0 Å². The van der Waals surface area contributed by atoms with E-state index in [0.29, 0.717) is 12.1 Å². The molecule has 0 unspecified atom stereocenters. The van der Waals surface area contributed by atoms with E-state index in [9.17, 15) is 0 Å². The fourth-order valence-electron chi connectivity index (χ4n) is 2.35. The highest BCUT2D eigenvalue weighted by molar-refractivity contribution is 5.85. The van der Waals surface area contributed by atoms with Crippen LogP contribution in [-0.2, 0) is 0 Å². The maximum Gasteiger partial charge on any atom is 0.0223 e. The first-order valence-electron chi connectivity index (χ1n) is 4.28. The summed E-state index contributed by atoms with van der Waals surface area (Å²) in [6.07, 6.45) is 2.68. The number of hydrogen-bond acceptors (Lipinski definition) is 2. The monoisotopic (exact) mass is 212 g/mol. The van der Waals surface area contributed by atoms with Gasteiger partial charge in [0.2, 0.25) is 0 Å². The quantitative estimate of drug-likeness (QED) is 0.656. The third-order valence-electron chi connectivity index (χ3n) is 3.25. The van der Waals surface area contributed by atoms with Crippen LogP contribution in [0.4, 0.5) is 0 Å². The number of nitrogens with two attached hydrogens (primary N) is 1. The summed E-state index contributed by atoms with van der Waals surface area (Å²) in [5.74, 6) is 0.833. The smallest absolute Gasteiger partial charge is 0.0223 e. The van der Waals surface area contributed by atoms with Crippen LogP contribution in [0.15, 0.2) is 0 Å². The minimum absolute atomic E-state index is 0. The molecule has 4 heteroatoms. The molecule has 0 aromatic carbocycles. The van der Waals surface area contributed by atoms with Crippen LogP contribution in [0.3, 0.4) is 0 Å². The molecule has 2 nitrogen and oxygen atoms in total. The van der Waals surface area contributed by atoms with Crippen LogP contribution in [0.2, 0.25) is 0 Å². The molecule has 0 spiro atoms. The van der Waals surface area contributed by atoms with E-state index in [0.717, 1.165) is 5.92 Å². The van der Waals surface area contributed by atoms with E-state index in [2.05, 4.69) is 11.8 Å². The van der Waals surface area contributed by atoms with E-state index >= 15 is 0 Å². The Morgan fingerprint density at radius 1 is 1.17 bits per heavy atom. The average molecular weight is 213 g/mol. The van der Waals surface area contributed by atoms with Crippen LogP contribution in [0.5, 0.6) is 0 Å². The van der Waals surface area contributed by atoms with Crippen molar-refractivity contribution in [2.24, 2.45) is 11.7 Å². The Morgan fingerprint density at radius 2 is 1.67 bits per heavy atom. The fourth-order valence-corrected chi connectivity index (χ4v) is 2.35. The van der Waals surface area contributed by atoms with Crippen molar-refractivity contribution in [2.75, 3.05) is 13.1 Å². The molecule has 3 heterocycles. The lowest BCUT2D eigenvalue weighted by Crippen LogP contribution is -2.59. The molecule has 74 valence electrons. The molecule has 2 atom stereocenters. The molecule has 0 radical (unpaired) electrons. The van der Waals surface area contributed by atoms with Gasteiger partial charge in [0.15, 0.2) is 0 Å². The maximum atomic E-state index is 6.02. The highest BCUT2D eigenvalue weighted by Crippen LogP contribution is 2.30. The van der Waals surface area contributed by atoms with E-state index in [-0.39, 0.29) is 24.8 Å². The minimum Gasteiger partial charge on any atom is -0.326 e. The summed E-state index contributed by atoms with van der Waals surface area (Å²) in [6.45, 7) is 4.84. The van der Waals surface area contributed by atoms with Gasteiger partial charge in [0.05, 0.1) is 0 Å². The summed E-state index contributed by atoms with van der Waals surface area (Å²) in [4.78, 5) is 2.52. The first kappa shape index (κ1) is 12.5. The number of rotatable bonds is 0. The number of piperidine rings is 3. The Morgan fingerprint density at radius 3 is 1.92 bits per heavy atom. The molecule has 0 aliphatic carbocycles. The predicted molar refractivity (Wildman–Crippen MR) is 56.2 cm³/mol. The van der Waals surface area contributed by atoms with Crippen molar-refractivity contribution in [3.8, 4) is 0 Å². The lowest BCUT2D eigenvalue weighted by atomic mass is 9.80. The first-order valence-corrected chi connectivity index (χ1v) is 4.28. The Balaban J connectivity index is 0.000000605. The third-order valence-corrected chi connectivity index (χ3v) is 3.25. The van der Waals surface area contributed by atoms with Crippen molar-refractivity contribution in [2.45, 2.75) is 31.8 Å². The van der Waals surface area contributed by atoms with Gasteiger partial charge >= 0.3 is 0 Å². The number of fused-ring (bicyclic) bond motifs is 3. The van der Waals surface area contributed by atoms with E-state index < -0.39 is 0 Å². The third kappa shape index (κ3) is 1.87. The summed E-state index contributed by atoms with van der Waals surface area (Å²) in [7, 11) is 0. The Bertz CT molecular complexity index is 115. The highest BCUT2D eigenvalue weighted by Gasteiger charge is 2.37. The molecule has 3 rings (SSSR count). The second kappa shape index (κ2) is 4.66. The van der Waals surface area contributed by atoms with Crippen LogP contribution >= 0.6 is 24.8 Å². The van der Waals surface area contributed by atoms with Gasteiger partial charge < -0.3 is 5.73 Å². The molecule has 2 N–H and O–H groups in total. The summed E-state index contributed by atoms with van der Waals surface area (Å²) in [6, 6.07) is 1.11. The van der Waals surface area contributed by atoms with E-state index in [1.54, 1.807) is 0 Å². The molecule has 0 aromatic heterocycles. The second-order valence-corrected chi connectivity index (χ2v) is 3.69. The Hall–Kier alpha value is 0.500. The average Bonchev–Trinajstić information content (AvgIpc) is 2.00. The largest absolute Gasteiger partial charge is 0.326 e. The molecule has 0 aromatic rings. The summed E-state index contributed by atoms with van der Waals surface area (Å²) in [5.41, 5.74) is 6.02. The molecule has 3 aliphatic heterocycles. The van der Waals surface area contributed by atoms with Gasteiger partial charge in [0, 0.05) is 12.1 Å². The summed E-state index contributed by atoms with van der Waals surface area (Å²) < 4.78 is 0. The number of halogens is 2. The second-order valence-electron chi connectivity index (χ2n) is 3.69. The van der Waals surface area contributed by atoms with Crippen molar-refractivity contribution in [1.29, 1.82) is 0 Å². The topological polar surface area (TPSA) is 29.3 Å². The van der Waals surface area contributed by atoms with Crippen LogP contribution < -0.4 is 5.73 Å². The zero-order chi connectivity index (χ0) is 7.14. The van der Waals surface area contributed by atoms with Gasteiger partial charge in [-0.3, -0.25) is 4.90 Å². The molecule has 3 saturated heterocycles. The van der Waals surface area contributed by atoms with E-state index in [1.807, 2.05) is 0 Å². The number of hydrogen-bond donors (Lipinski definition) is 1. The fraction of sp³-hybridized carbons (Fsp3) is 1.00. The van der Waals surface area contributed by atoms with E-state index in [4.69, 9.17) is 5.73 Å². The molecule has 2 bridgehead atoms. The van der Waals surface area contributed by atoms with Crippen LogP contribution in [0.1, 0.15) is 19.8 Å². The van der Waals surface area contributed by atoms with Gasteiger partial charge in [0.1, 0.15) is 0 Å². The highest BCUT2D eigenvalue weighted by atomic mass is 35.5. The molecular weight excluding hydrogens is 195 g/mol. The van der Waals surface area contributed by atoms with Crippen molar-refractivity contribution in [1.82, 2.24) is 4.90 Å². The van der Waals surface area contributed by atoms with Crippen LogP contribution in [-0.4, -0.2) is 30.1 Å². The molecule has 3 aliphatic rings. The van der Waals surface area contributed by atoms with Crippen molar-refractivity contribution in [3.05, 3.63) is 0 Å². The summed E-state index contributed by atoms with van der Waals surface area (Å²) in [5, 5.41) is 0. The minimum atomic E-state index is 0. The van der Waals surface area contributed by atoms with Gasteiger partial charge in [-0.15, -0.1) is 24.8 Å². The standard InChI is InChI=1S/C8H16N2.2ClH/c1-6-8(9)7-2-4-10(6)5-3-7;;/h6-8H,2-5,9H2,1H3;2*1H/t6-,8-;;/m1../s1. The maximum absolute atomic E-state index is 6.02. The van der Waals surface area contributed by atoms with Gasteiger partial charge in [-0.1, -0.05) is 0 Å². The molecular formula is C8H18Cl2N2. The molecule has 12 heavy (non-hydrogen) atoms. The van der Waals surface area contributed by atoms with Crippen LogP contribution in [0.25, 0.3) is 0 Å². The Kier molecular flexibility index (Phi) is 4.85. The molecule has 0 saturated carbocycles. The molecule has 3 fully saturated rings. The number of nitrogens with zero attached hydrogens (tertiary/aromatic N) is 1. The zero-order valence-corrected chi connectivity index (χ0v) is 9.03. The zero-order valence-electron chi connectivity index (χ0n) is 7.40. The molecule has 0 amide bonds. The van der Waals surface area contributed by atoms with Gasteiger partial charge in [-0.05, 0) is 38.8 Å². The normalized spacial score (nSPS) is 44.5. The van der Waals surface area contributed by atoms with Gasteiger partial charge in [-0.2, -0.15) is 0 Å². The van der Waals surface area contributed by atoms with Gasteiger partial charge in [-0.25, -0.2) is 0 Å². The van der Waals surface area contributed by atoms with Crippen molar-refractivity contribution < 1.29 is 0 Å². The van der Waals surface area contributed by atoms with Crippen LogP contribution in [0, 0.1) is 5.92 Å². The van der Waals surface area contributed by atoms with Crippen molar-refractivity contribution >= 4 is 24.8 Å². The first-order chi connectivity index (χ1) is 4.79. The lowest BCUT2D eigenvalue weighted by Gasteiger charge is -2.48. The Labute approximate surface area is 86.7 Å². The summed E-state index contributed by atoms with van der Waals surface area (Å²) >= 11 is 0. The van der Waals surface area contributed by atoms with E-state index in [1.165, 1.54) is 25.9 Å². The van der Waals surface area contributed by atoms with Gasteiger partial charge in [0.25, 0.3) is 0 Å². The lowest BCUT2D eigenvalue weighted by molar-refractivity contribution is 0.0380. The predicted octanol–water partition coefficient (Wildman–Crippen LogP) is 1.27. The SMILES string of the molecule is C[C@@H]1[C@@H](N)C2CCN1CC2.Cl.Cl.